The van der Waals surface area contributed by atoms with Crippen LogP contribution in [0.25, 0.3) is 0 Å². The number of carbonyl (C=O) groups is 1. The molecule has 4 nitrogen and oxygen atoms in total. The average molecular weight is 380 g/mol. The van der Waals surface area contributed by atoms with Crippen molar-refractivity contribution in [3.05, 3.63) is 59.7 Å². The Morgan fingerprint density at radius 2 is 1.86 bits per heavy atom. The Labute approximate surface area is 167 Å². The van der Waals surface area contributed by atoms with E-state index in [1.54, 1.807) is 6.92 Å². The molecule has 1 atom stereocenters. The van der Waals surface area contributed by atoms with Gasteiger partial charge in [-0.2, -0.15) is 0 Å². The minimum atomic E-state index is 0.0594. The van der Waals surface area contributed by atoms with Crippen molar-refractivity contribution in [1.82, 2.24) is 5.32 Å². The Morgan fingerprint density at radius 3 is 2.61 bits per heavy atom. The summed E-state index contributed by atoms with van der Waals surface area (Å²) >= 11 is 0. The molecule has 1 N–H and O–H groups in total. The molecule has 0 radical (unpaired) electrons. The molecule has 1 aliphatic carbocycles. The van der Waals surface area contributed by atoms with Crippen molar-refractivity contribution >= 4 is 5.91 Å². The zero-order valence-corrected chi connectivity index (χ0v) is 16.5. The van der Waals surface area contributed by atoms with Gasteiger partial charge in [0.2, 0.25) is 5.91 Å². The molecular weight excluding hydrogens is 350 g/mol. The summed E-state index contributed by atoms with van der Waals surface area (Å²) in [6, 6.07) is 16.7. The van der Waals surface area contributed by atoms with Crippen LogP contribution >= 0.6 is 0 Å². The first kappa shape index (κ1) is 18.9. The van der Waals surface area contributed by atoms with Crippen LogP contribution in [0.15, 0.2) is 48.5 Å². The van der Waals surface area contributed by atoms with Crippen molar-refractivity contribution in [2.75, 3.05) is 6.54 Å². The highest BCUT2D eigenvalue weighted by molar-refractivity contribution is 5.72. The van der Waals surface area contributed by atoms with Crippen molar-refractivity contribution in [2.24, 2.45) is 5.92 Å². The largest absolute Gasteiger partial charge is 0.490 e. The first-order valence-corrected chi connectivity index (χ1v) is 10.4. The summed E-state index contributed by atoms with van der Waals surface area (Å²) in [5.74, 6) is 2.57. The third-order valence-electron chi connectivity index (χ3n) is 5.88. The maximum absolute atomic E-state index is 11.1. The molecule has 1 amide bonds. The van der Waals surface area contributed by atoms with Crippen molar-refractivity contribution in [3.8, 4) is 11.5 Å². The maximum Gasteiger partial charge on any atom is 0.216 e. The second-order valence-electron chi connectivity index (χ2n) is 8.02. The molecule has 1 aliphatic heterocycles. The van der Waals surface area contributed by atoms with Gasteiger partial charge in [0.15, 0.2) is 0 Å². The summed E-state index contributed by atoms with van der Waals surface area (Å²) in [4.78, 5) is 11.1. The third kappa shape index (κ3) is 4.67. The normalized spacial score (nSPS) is 24.0. The Morgan fingerprint density at radius 1 is 1.07 bits per heavy atom. The lowest BCUT2D eigenvalue weighted by Gasteiger charge is -2.30. The van der Waals surface area contributed by atoms with Gasteiger partial charge < -0.3 is 14.8 Å². The average Bonchev–Trinajstić information content (AvgIpc) is 2.73. The summed E-state index contributed by atoms with van der Waals surface area (Å²) in [6.07, 6.45) is 6.73. The number of nitrogens with one attached hydrogen (secondary N) is 1. The molecule has 0 spiro atoms. The molecular formula is C24H29NO3. The van der Waals surface area contributed by atoms with Crippen LogP contribution in [0.4, 0.5) is 0 Å². The highest BCUT2D eigenvalue weighted by atomic mass is 16.5. The number of benzene rings is 2. The van der Waals surface area contributed by atoms with E-state index in [4.69, 9.17) is 9.47 Å². The highest BCUT2D eigenvalue weighted by Gasteiger charge is 2.24. The summed E-state index contributed by atoms with van der Waals surface area (Å²) < 4.78 is 12.5. The second kappa shape index (κ2) is 8.68. The fraction of sp³-hybridized carbons (Fsp3) is 0.458. The highest BCUT2D eigenvalue weighted by Crippen LogP contribution is 2.37. The van der Waals surface area contributed by atoms with Gasteiger partial charge in [0.25, 0.3) is 0 Å². The number of rotatable bonds is 5. The topological polar surface area (TPSA) is 47.6 Å². The SMILES string of the molecule is CC(=O)NC[C@H]1CC[C@@H](Oc2ccc3c(c2)CCC(c2ccccc2)O3)CC1. The van der Waals surface area contributed by atoms with E-state index in [0.29, 0.717) is 5.92 Å². The van der Waals surface area contributed by atoms with E-state index in [1.165, 1.54) is 11.1 Å². The number of carbonyl (C=O) groups excluding carboxylic acids is 1. The molecule has 0 saturated heterocycles. The Hall–Kier alpha value is -2.49. The summed E-state index contributed by atoms with van der Waals surface area (Å²) in [6.45, 7) is 2.37. The number of aryl methyl sites for hydroxylation is 1. The lowest BCUT2D eigenvalue weighted by atomic mass is 9.87. The van der Waals surface area contributed by atoms with E-state index in [9.17, 15) is 4.79 Å². The molecule has 2 aromatic rings. The van der Waals surface area contributed by atoms with Crippen LogP contribution in [0.2, 0.25) is 0 Å². The quantitative estimate of drug-likeness (QED) is 0.810. The first-order valence-electron chi connectivity index (χ1n) is 10.4. The van der Waals surface area contributed by atoms with Crippen LogP contribution in [0.5, 0.6) is 11.5 Å². The fourth-order valence-electron chi connectivity index (χ4n) is 4.28. The molecule has 2 aromatic carbocycles. The number of fused-ring (bicyclic) bond motifs is 1. The van der Waals surface area contributed by atoms with E-state index in [2.05, 4.69) is 41.7 Å². The maximum atomic E-state index is 11.1. The molecule has 1 unspecified atom stereocenters. The van der Waals surface area contributed by atoms with Crippen molar-refractivity contribution < 1.29 is 14.3 Å². The Bertz CT molecular complexity index is 797. The van der Waals surface area contributed by atoms with Gasteiger partial charge in [-0.15, -0.1) is 0 Å². The van der Waals surface area contributed by atoms with Gasteiger partial charge >= 0.3 is 0 Å². The molecule has 1 saturated carbocycles. The van der Waals surface area contributed by atoms with Crippen molar-refractivity contribution in [2.45, 2.75) is 57.7 Å². The second-order valence-corrected chi connectivity index (χ2v) is 8.02. The minimum Gasteiger partial charge on any atom is -0.490 e. The van der Waals surface area contributed by atoms with Crippen molar-refractivity contribution in [1.29, 1.82) is 0 Å². The third-order valence-corrected chi connectivity index (χ3v) is 5.88. The summed E-state index contributed by atoms with van der Waals surface area (Å²) in [7, 11) is 0. The zero-order chi connectivity index (χ0) is 19.3. The first-order chi connectivity index (χ1) is 13.7. The molecule has 1 heterocycles. The van der Waals surface area contributed by atoms with Crippen molar-refractivity contribution in [3.63, 3.8) is 0 Å². The van der Waals surface area contributed by atoms with Crippen LogP contribution in [-0.4, -0.2) is 18.6 Å². The van der Waals surface area contributed by atoms with Gasteiger partial charge in [0.1, 0.15) is 17.6 Å². The van der Waals surface area contributed by atoms with Crippen LogP contribution in [-0.2, 0) is 11.2 Å². The van der Waals surface area contributed by atoms with Gasteiger partial charge in [-0.25, -0.2) is 0 Å². The molecule has 0 aromatic heterocycles. The predicted molar refractivity (Wildman–Crippen MR) is 110 cm³/mol. The van der Waals surface area contributed by atoms with E-state index >= 15 is 0 Å². The molecule has 4 rings (SSSR count). The van der Waals surface area contributed by atoms with Crippen LogP contribution in [0.1, 0.15) is 56.3 Å². The van der Waals surface area contributed by atoms with E-state index < -0.39 is 0 Å². The molecule has 2 aliphatic rings. The zero-order valence-electron chi connectivity index (χ0n) is 16.5. The monoisotopic (exact) mass is 379 g/mol. The summed E-state index contributed by atoms with van der Waals surface area (Å²) in [5.41, 5.74) is 2.48. The smallest absolute Gasteiger partial charge is 0.216 e. The number of hydrogen-bond acceptors (Lipinski definition) is 3. The number of ether oxygens (including phenoxy) is 2. The minimum absolute atomic E-state index is 0.0594. The number of hydrogen-bond donors (Lipinski definition) is 1. The van der Waals surface area contributed by atoms with Gasteiger partial charge in [0, 0.05) is 13.5 Å². The lowest BCUT2D eigenvalue weighted by molar-refractivity contribution is -0.119. The van der Waals surface area contributed by atoms with Crippen LogP contribution in [0.3, 0.4) is 0 Å². The number of amides is 1. The molecule has 0 bridgehead atoms. The van der Waals surface area contributed by atoms with Crippen LogP contribution in [0, 0.1) is 5.92 Å². The molecule has 1 fully saturated rings. The molecule has 28 heavy (non-hydrogen) atoms. The molecule has 4 heteroatoms. The fourth-order valence-corrected chi connectivity index (χ4v) is 4.28. The lowest BCUT2D eigenvalue weighted by Crippen LogP contribution is -2.32. The van der Waals surface area contributed by atoms with Gasteiger partial charge in [0.05, 0.1) is 6.10 Å². The standard InChI is InChI=1S/C24H29NO3/c1-17(26)25-16-18-7-10-21(11-8-18)27-22-12-14-24-20(15-22)9-13-23(28-24)19-5-3-2-4-6-19/h2-6,12,14-15,18,21,23H,7-11,13,16H2,1H3,(H,25,26)/t18-,21+,23?. The van der Waals surface area contributed by atoms with Gasteiger partial charge in [-0.05, 0) is 73.8 Å². The van der Waals surface area contributed by atoms with Crippen LogP contribution < -0.4 is 14.8 Å². The van der Waals surface area contributed by atoms with E-state index in [0.717, 1.165) is 56.6 Å². The molecule has 148 valence electrons. The Balaban J connectivity index is 1.31. The van der Waals surface area contributed by atoms with E-state index in [1.807, 2.05) is 12.1 Å². The van der Waals surface area contributed by atoms with Gasteiger partial charge in [-0.1, -0.05) is 30.3 Å². The predicted octanol–water partition coefficient (Wildman–Crippen LogP) is 4.83. The summed E-state index contributed by atoms with van der Waals surface area (Å²) in [5, 5.41) is 2.94. The Kier molecular flexibility index (Phi) is 5.84. The van der Waals surface area contributed by atoms with Gasteiger partial charge in [-0.3, -0.25) is 4.79 Å². The van der Waals surface area contributed by atoms with E-state index in [-0.39, 0.29) is 18.1 Å².